The summed E-state index contributed by atoms with van der Waals surface area (Å²) in [6.07, 6.45) is -7.46. The maximum Gasteiger partial charge on any atom is 0.419 e. The molecule has 0 radical (unpaired) electrons. The fourth-order valence-corrected chi connectivity index (χ4v) is 9.98. The average Bonchev–Trinajstić information content (AvgIpc) is 3.78. The summed E-state index contributed by atoms with van der Waals surface area (Å²) in [7, 11) is 3.38. The molecule has 4 aliphatic heterocycles. The number of ketones is 1. The number of cyclic esters (lactones) is 2. The van der Waals surface area contributed by atoms with Crippen LogP contribution in [0.25, 0.3) is 0 Å². The Morgan fingerprint density at radius 3 is 2.28 bits per heavy atom. The van der Waals surface area contributed by atoms with Gasteiger partial charge in [0, 0.05) is 42.5 Å². The zero-order chi connectivity index (χ0) is 45.1. The Bertz CT molecular complexity index is 1740. The van der Waals surface area contributed by atoms with Gasteiger partial charge in [0.1, 0.15) is 30.7 Å². The van der Waals surface area contributed by atoms with Crippen LogP contribution in [-0.4, -0.2) is 150 Å². The molecule has 3 amide bonds. The molecule has 0 bridgehead atoms. The molecule has 1 aromatic rings. The van der Waals surface area contributed by atoms with E-state index >= 15 is 0 Å². The summed E-state index contributed by atoms with van der Waals surface area (Å²) in [5.41, 5.74) is -1.93. The number of imide groups is 1. The van der Waals surface area contributed by atoms with Crippen molar-refractivity contribution in [2.75, 3.05) is 40.4 Å². The third-order valence-electron chi connectivity index (χ3n) is 13.5. The summed E-state index contributed by atoms with van der Waals surface area (Å²) >= 11 is 6.14. The van der Waals surface area contributed by atoms with E-state index in [9.17, 15) is 29.1 Å². The number of hydrogen-bond donors (Lipinski definition) is 1. The van der Waals surface area contributed by atoms with E-state index in [2.05, 4.69) is 0 Å². The molecule has 5 rings (SSSR count). The van der Waals surface area contributed by atoms with Crippen molar-refractivity contribution >= 4 is 41.6 Å². The topological polar surface area (TPSA) is 180 Å². The average molecular weight is 880 g/mol. The molecule has 0 saturated carbocycles. The number of aliphatic hydroxyl groups excluding tert-OH is 1. The first kappa shape index (κ1) is 48.5. The van der Waals surface area contributed by atoms with E-state index in [1.54, 1.807) is 65.5 Å². The van der Waals surface area contributed by atoms with Gasteiger partial charge in [0.05, 0.1) is 36.3 Å². The van der Waals surface area contributed by atoms with Gasteiger partial charge in [0.25, 0.3) is 0 Å². The van der Waals surface area contributed by atoms with E-state index < -0.39 is 95.9 Å². The summed E-state index contributed by atoms with van der Waals surface area (Å²) < 4.78 is 43.1. The molecule has 4 aliphatic rings. The number of Topliss-reactive ketones (excluding diaryl/α,β-unsaturated/α-hetero) is 1. The van der Waals surface area contributed by atoms with Crippen LogP contribution in [0.15, 0.2) is 24.3 Å². The van der Waals surface area contributed by atoms with Crippen LogP contribution >= 0.6 is 11.6 Å². The quantitative estimate of drug-likeness (QED) is 0.218. The lowest BCUT2D eigenvalue weighted by Gasteiger charge is -2.48. The molecule has 1 N–H and O–H groups in total. The number of methoxy groups -OCH3 is 1. The summed E-state index contributed by atoms with van der Waals surface area (Å²) in [5, 5.41) is 12.4. The van der Waals surface area contributed by atoms with Crippen molar-refractivity contribution in [1.29, 1.82) is 0 Å². The monoisotopic (exact) mass is 879 g/mol. The maximum absolute atomic E-state index is 14.9. The van der Waals surface area contributed by atoms with Crippen LogP contribution in [0, 0.1) is 23.7 Å². The first-order valence-corrected chi connectivity index (χ1v) is 22.0. The van der Waals surface area contributed by atoms with E-state index in [4.69, 9.17) is 44.8 Å². The van der Waals surface area contributed by atoms with Crippen LogP contribution in [-0.2, 0) is 49.2 Å². The smallest absolute Gasteiger partial charge is 0.419 e. The second-order valence-corrected chi connectivity index (χ2v) is 18.2. The minimum atomic E-state index is -1.49. The van der Waals surface area contributed by atoms with Gasteiger partial charge in [0.2, 0.25) is 0 Å². The van der Waals surface area contributed by atoms with Gasteiger partial charge in [-0.3, -0.25) is 14.5 Å². The Morgan fingerprint density at radius 2 is 1.69 bits per heavy atom. The van der Waals surface area contributed by atoms with E-state index in [1.165, 1.54) is 7.11 Å². The van der Waals surface area contributed by atoms with Crippen LogP contribution in [0.1, 0.15) is 87.1 Å². The van der Waals surface area contributed by atoms with Crippen LogP contribution in [0.2, 0.25) is 5.02 Å². The van der Waals surface area contributed by atoms with Crippen molar-refractivity contribution in [1.82, 2.24) is 14.7 Å². The zero-order valence-corrected chi connectivity index (χ0v) is 38.2. The fourth-order valence-electron chi connectivity index (χ4n) is 9.86. The van der Waals surface area contributed by atoms with Gasteiger partial charge >= 0.3 is 24.2 Å². The molecule has 61 heavy (non-hydrogen) atoms. The summed E-state index contributed by atoms with van der Waals surface area (Å²) in [4.78, 5) is 74.1. The lowest BCUT2D eigenvalue weighted by atomic mass is 9.73. The first-order chi connectivity index (χ1) is 28.7. The third kappa shape index (κ3) is 10.1. The minimum absolute atomic E-state index is 0.0284. The van der Waals surface area contributed by atoms with Crippen molar-refractivity contribution in [3.8, 4) is 0 Å². The van der Waals surface area contributed by atoms with Gasteiger partial charge in [0.15, 0.2) is 11.9 Å². The number of fused-ring (bicyclic) bond motifs is 1. The van der Waals surface area contributed by atoms with Crippen LogP contribution in [0.4, 0.5) is 14.4 Å². The number of rotatable bonds is 10. The Balaban J connectivity index is 1.61. The van der Waals surface area contributed by atoms with Crippen molar-refractivity contribution < 1.29 is 62.2 Å². The number of carbonyl (C=O) groups is 5. The molecular weight excluding hydrogens is 814 g/mol. The molecule has 4 fully saturated rings. The molecule has 0 spiro atoms. The largest absolute Gasteiger partial charge is 0.458 e. The second kappa shape index (κ2) is 19.9. The van der Waals surface area contributed by atoms with Crippen LogP contribution in [0.5, 0.6) is 0 Å². The van der Waals surface area contributed by atoms with Crippen molar-refractivity contribution in [3.63, 3.8) is 0 Å². The number of esters is 1. The molecule has 0 unspecified atom stereocenters. The number of hydrogen-bond acceptors (Lipinski definition) is 14. The Hall–Kier alpha value is -3.54. The standard InChI is InChI=1S/C44H66ClN3O13/c1-12-32-44(9)36(47(42(54)61-44)19-18-29-14-16-30(45)17-15-29)26(5)33(49)24(3)23-43(8,55-11)37(60-39-34(50)31(46(10)13-2)22-25(4)57-39)27(6)35(28(7)38(51)58-32)59-41(53)48-20-21-56-40(48)52/h14-17,24-28,31-32,34-37,39,50H,12-13,18-23H2,1-11H3/t24-,25-,26-,27+,28-,31+,32-,34-,35+,36-,37-,39+,43+,44-/m1/s1. The van der Waals surface area contributed by atoms with Gasteiger partial charge in [-0.1, -0.05) is 58.4 Å². The highest BCUT2D eigenvalue weighted by molar-refractivity contribution is 6.30. The molecule has 0 aliphatic carbocycles. The third-order valence-corrected chi connectivity index (χ3v) is 13.8. The number of amides is 3. The first-order valence-electron chi connectivity index (χ1n) is 21.6. The molecular formula is C44H66ClN3O13. The lowest BCUT2D eigenvalue weighted by molar-refractivity contribution is -0.301. The van der Waals surface area contributed by atoms with Gasteiger partial charge in [-0.05, 0) is 84.7 Å². The Morgan fingerprint density at radius 1 is 1.02 bits per heavy atom. The van der Waals surface area contributed by atoms with Crippen LogP contribution < -0.4 is 0 Å². The molecule has 4 saturated heterocycles. The number of likely N-dealkylation sites (N-methyl/N-ethyl adjacent to an activating group) is 1. The number of halogens is 1. The van der Waals surface area contributed by atoms with Crippen LogP contribution in [0.3, 0.4) is 0 Å². The Kier molecular flexibility index (Phi) is 15.8. The van der Waals surface area contributed by atoms with E-state index in [-0.39, 0.29) is 50.5 Å². The molecule has 4 heterocycles. The minimum Gasteiger partial charge on any atom is -0.458 e. The molecule has 17 heteroatoms. The van der Waals surface area contributed by atoms with Gasteiger partial charge in [-0.2, -0.15) is 0 Å². The molecule has 1 aromatic carbocycles. The number of nitrogens with zero attached hydrogens (tertiary/aromatic N) is 3. The highest BCUT2D eigenvalue weighted by atomic mass is 35.5. The van der Waals surface area contributed by atoms with E-state index in [0.29, 0.717) is 24.4 Å². The highest BCUT2D eigenvalue weighted by Gasteiger charge is 2.60. The number of carbonyl (C=O) groups excluding carboxylic acids is 5. The Labute approximate surface area is 364 Å². The van der Waals surface area contributed by atoms with Crippen molar-refractivity contribution in [3.05, 3.63) is 34.9 Å². The number of aliphatic hydroxyl groups is 1. The maximum atomic E-state index is 14.9. The van der Waals surface area contributed by atoms with Gasteiger partial charge in [-0.15, -0.1) is 0 Å². The van der Waals surface area contributed by atoms with Gasteiger partial charge in [-0.25, -0.2) is 19.3 Å². The van der Waals surface area contributed by atoms with E-state index in [1.807, 2.05) is 37.9 Å². The predicted octanol–water partition coefficient (Wildman–Crippen LogP) is 5.86. The zero-order valence-electron chi connectivity index (χ0n) is 37.5. The molecule has 14 atom stereocenters. The molecule has 342 valence electrons. The summed E-state index contributed by atoms with van der Waals surface area (Å²) in [6.45, 7) is 16.7. The predicted molar refractivity (Wildman–Crippen MR) is 223 cm³/mol. The molecule has 0 aromatic heterocycles. The lowest BCUT2D eigenvalue weighted by Crippen LogP contribution is -2.61. The highest BCUT2D eigenvalue weighted by Crippen LogP contribution is 2.44. The van der Waals surface area contributed by atoms with Gasteiger partial charge < -0.3 is 43.2 Å². The summed E-state index contributed by atoms with van der Waals surface area (Å²) in [6, 6.07) is 6.07. The van der Waals surface area contributed by atoms with Crippen molar-refractivity contribution in [2.24, 2.45) is 23.7 Å². The second-order valence-electron chi connectivity index (χ2n) is 17.7. The number of benzene rings is 1. The number of ether oxygens (including phenoxy) is 7. The molecule has 16 nitrogen and oxygen atoms in total. The van der Waals surface area contributed by atoms with E-state index in [0.717, 1.165) is 10.5 Å². The van der Waals surface area contributed by atoms with Crippen molar-refractivity contribution in [2.45, 2.75) is 148 Å². The SMILES string of the molecule is CC[C@H]1OC(=O)[C@H](C)[C@@H](OC(=O)N2CCOC2=O)[C@H](C)[C@@H](O[C@@H]2O[C@H](C)C[C@H](N(C)CC)[C@H]2O)[C@@](C)(OC)C[C@@H](C)C(=O)[C@@H](C)[C@H]2N(CCc3ccc(Cl)cc3)C(=O)O[C@]12C. The normalized spacial score (nSPS) is 37.8. The summed E-state index contributed by atoms with van der Waals surface area (Å²) in [5.74, 6) is -4.64. The fraction of sp³-hybridized carbons (Fsp3) is 0.750.